The molecule has 2 heterocycles. The Morgan fingerprint density at radius 3 is 2.61 bits per heavy atom. The van der Waals surface area contributed by atoms with Gasteiger partial charge in [-0.15, -0.1) is 24.8 Å². The van der Waals surface area contributed by atoms with E-state index in [1.165, 1.54) is 24.8 Å². The maximum Gasteiger partial charge on any atom is 0.0950 e. The molecular weight excluding hydrogens is 271 g/mol. The van der Waals surface area contributed by atoms with Crippen LogP contribution in [0.1, 0.15) is 37.8 Å². The summed E-state index contributed by atoms with van der Waals surface area (Å²) in [6, 6.07) is 2.67. The molecule has 3 nitrogen and oxygen atoms in total. The number of piperazine rings is 1. The van der Waals surface area contributed by atoms with E-state index in [4.69, 9.17) is 4.42 Å². The molecule has 1 aliphatic rings. The van der Waals surface area contributed by atoms with Gasteiger partial charge in [-0.25, -0.2) is 0 Å². The van der Waals surface area contributed by atoms with Crippen molar-refractivity contribution in [3.05, 3.63) is 24.2 Å². The summed E-state index contributed by atoms with van der Waals surface area (Å²) in [5.74, 6) is 0. The Labute approximate surface area is 122 Å². The molecule has 1 fully saturated rings. The van der Waals surface area contributed by atoms with E-state index in [0.717, 1.165) is 26.2 Å². The summed E-state index contributed by atoms with van der Waals surface area (Å²) in [6.07, 6.45) is 7.50. The number of furan rings is 1. The summed E-state index contributed by atoms with van der Waals surface area (Å²) >= 11 is 0. The second-order valence-corrected chi connectivity index (χ2v) is 4.50. The largest absolute Gasteiger partial charge is 0.472 e. The average molecular weight is 295 g/mol. The fourth-order valence-corrected chi connectivity index (χ4v) is 2.42. The van der Waals surface area contributed by atoms with E-state index in [9.17, 15) is 0 Å². The molecule has 0 aliphatic carbocycles. The Hall–Kier alpha value is -0.220. The summed E-state index contributed by atoms with van der Waals surface area (Å²) in [4.78, 5) is 2.58. The maximum atomic E-state index is 5.22. The molecule has 0 aromatic carbocycles. The molecule has 0 unspecified atom stereocenters. The van der Waals surface area contributed by atoms with Gasteiger partial charge < -0.3 is 9.73 Å². The van der Waals surface area contributed by atoms with Crippen LogP contribution in [0.4, 0.5) is 0 Å². The fourth-order valence-electron chi connectivity index (χ4n) is 2.42. The first-order valence-electron chi connectivity index (χ1n) is 6.38. The minimum absolute atomic E-state index is 0. The summed E-state index contributed by atoms with van der Waals surface area (Å²) in [7, 11) is 0. The van der Waals surface area contributed by atoms with E-state index in [-0.39, 0.29) is 24.8 Å². The quantitative estimate of drug-likeness (QED) is 0.904. The molecule has 0 bridgehead atoms. The Bertz CT molecular complexity index is 287. The number of unbranched alkanes of at least 4 members (excludes halogenated alkanes) is 1. The Morgan fingerprint density at radius 1 is 1.33 bits per heavy atom. The lowest BCUT2D eigenvalue weighted by Gasteiger charge is -2.34. The van der Waals surface area contributed by atoms with Crippen LogP contribution < -0.4 is 5.32 Å². The standard InChI is InChI=1S/C13H22N2O.2ClH/c1-2-3-4-13(12-5-10-16-11-12)15-8-6-14-7-9-15;;/h5,10-11,13-14H,2-4,6-9H2,1H3;2*1H/t13-;;/m1../s1. The van der Waals surface area contributed by atoms with Gasteiger partial charge in [-0.2, -0.15) is 0 Å². The predicted octanol–water partition coefficient (Wildman–Crippen LogP) is 3.26. The molecule has 1 N–H and O–H groups in total. The highest BCUT2D eigenvalue weighted by molar-refractivity contribution is 5.85. The van der Waals surface area contributed by atoms with Gasteiger partial charge in [-0.3, -0.25) is 4.90 Å². The highest BCUT2D eigenvalue weighted by Crippen LogP contribution is 2.26. The second kappa shape index (κ2) is 9.68. The number of hydrogen-bond donors (Lipinski definition) is 1. The zero-order valence-corrected chi connectivity index (χ0v) is 12.6. The van der Waals surface area contributed by atoms with Gasteiger partial charge in [0.25, 0.3) is 0 Å². The normalized spacial score (nSPS) is 17.6. The van der Waals surface area contributed by atoms with Crippen LogP contribution in [0.15, 0.2) is 23.0 Å². The van der Waals surface area contributed by atoms with Crippen LogP contribution in [-0.4, -0.2) is 31.1 Å². The van der Waals surface area contributed by atoms with Crippen molar-refractivity contribution in [3.8, 4) is 0 Å². The third kappa shape index (κ3) is 4.81. The van der Waals surface area contributed by atoms with Crippen molar-refractivity contribution in [1.82, 2.24) is 10.2 Å². The van der Waals surface area contributed by atoms with Crippen LogP contribution >= 0.6 is 24.8 Å². The highest BCUT2D eigenvalue weighted by atomic mass is 35.5. The molecule has 0 amide bonds. The number of nitrogens with zero attached hydrogens (tertiary/aromatic N) is 1. The van der Waals surface area contributed by atoms with Crippen LogP contribution in [0.2, 0.25) is 0 Å². The van der Waals surface area contributed by atoms with E-state index in [2.05, 4.69) is 23.2 Å². The van der Waals surface area contributed by atoms with Crippen molar-refractivity contribution in [1.29, 1.82) is 0 Å². The molecule has 0 spiro atoms. The van der Waals surface area contributed by atoms with Gasteiger partial charge in [0.2, 0.25) is 0 Å². The first-order valence-corrected chi connectivity index (χ1v) is 6.38. The Kier molecular flexibility index (Phi) is 9.56. The molecule has 1 saturated heterocycles. The number of rotatable bonds is 5. The van der Waals surface area contributed by atoms with Gasteiger partial charge in [0.15, 0.2) is 0 Å². The maximum absolute atomic E-state index is 5.22. The van der Waals surface area contributed by atoms with E-state index in [0.29, 0.717) is 6.04 Å². The molecular formula is C13H24Cl2N2O. The Morgan fingerprint density at radius 2 is 2.06 bits per heavy atom. The van der Waals surface area contributed by atoms with Crippen LogP contribution in [0, 0.1) is 0 Å². The molecule has 0 radical (unpaired) electrons. The molecule has 5 heteroatoms. The Balaban J connectivity index is 0.00000144. The summed E-state index contributed by atoms with van der Waals surface area (Å²) < 4.78 is 5.22. The third-order valence-electron chi connectivity index (χ3n) is 3.35. The molecule has 106 valence electrons. The number of nitrogens with one attached hydrogen (secondary N) is 1. The van der Waals surface area contributed by atoms with Crippen molar-refractivity contribution < 1.29 is 4.42 Å². The summed E-state index contributed by atoms with van der Waals surface area (Å²) in [6.45, 7) is 6.78. The summed E-state index contributed by atoms with van der Waals surface area (Å²) in [5.41, 5.74) is 1.34. The van der Waals surface area contributed by atoms with Gasteiger partial charge in [0.1, 0.15) is 0 Å². The van der Waals surface area contributed by atoms with Gasteiger partial charge in [0, 0.05) is 37.8 Å². The fraction of sp³-hybridized carbons (Fsp3) is 0.692. The first-order chi connectivity index (χ1) is 7.92. The zero-order valence-electron chi connectivity index (χ0n) is 10.9. The lowest BCUT2D eigenvalue weighted by Crippen LogP contribution is -2.45. The van der Waals surface area contributed by atoms with Crippen LogP contribution in [0.25, 0.3) is 0 Å². The molecule has 1 aromatic rings. The van der Waals surface area contributed by atoms with Gasteiger partial charge in [-0.1, -0.05) is 19.8 Å². The molecule has 18 heavy (non-hydrogen) atoms. The molecule has 1 aliphatic heterocycles. The van der Waals surface area contributed by atoms with Crippen molar-refractivity contribution in [3.63, 3.8) is 0 Å². The van der Waals surface area contributed by atoms with Crippen LogP contribution in [0.3, 0.4) is 0 Å². The third-order valence-corrected chi connectivity index (χ3v) is 3.35. The minimum atomic E-state index is 0. The molecule has 1 aromatic heterocycles. The molecule has 0 saturated carbocycles. The second-order valence-electron chi connectivity index (χ2n) is 4.50. The number of halogens is 2. The molecule has 2 rings (SSSR count). The smallest absolute Gasteiger partial charge is 0.0950 e. The SMILES string of the molecule is CCCC[C@H](c1ccoc1)N1CCNCC1.Cl.Cl. The van der Waals surface area contributed by atoms with Crippen molar-refractivity contribution in [2.24, 2.45) is 0 Å². The van der Waals surface area contributed by atoms with E-state index >= 15 is 0 Å². The lowest BCUT2D eigenvalue weighted by atomic mass is 10.0. The van der Waals surface area contributed by atoms with Crippen molar-refractivity contribution >= 4 is 24.8 Å². The monoisotopic (exact) mass is 294 g/mol. The first kappa shape index (κ1) is 17.8. The van der Waals surface area contributed by atoms with Crippen molar-refractivity contribution in [2.75, 3.05) is 26.2 Å². The van der Waals surface area contributed by atoms with E-state index in [1.54, 1.807) is 6.26 Å². The van der Waals surface area contributed by atoms with Gasteiger partial charge in [-0.05, 0) is 12.5 Å². The van der Waals surface area contributed by atoms with Crippen LogP contribution in [-0.2, 0) is 0 Å². The van der Waals surface area contributed by atoms with Crippen molar-refractivity contribution in [2.45, 2.75) is 32.2 Å². The van der Waals surface area contributed by atoms with E-state index in [1.807, 2.05) is 6.26 Å². The average Bonchev–Trinajstić information content (AvgIpc) is 2.85. The molecule has 1 atom stereocenters. The zero-order chi connectivity index (χ0) is 11.2. The van der Waals surface area contributed by atoms with Gasteiger partial charge >= 0.3 is 0 Å². The minimum Gasteiger partial charge on any atom is -0.472 e. The topological polar surface area (TPSA) is 28.4 Å². The predicted molar refractivity (Wildman–Crippen MR) is 79.9 cm³/mol. The highest BCUT2D eigenvalue weighted by Gasteiger charge is 2.22. The van der Waals surface area contributed by atoms with Gasteiger partial charge in [0.05, 0.1) is 12.5 Å². The van der Waals surface area contributed by atoms with E-state index < -0.39 is 0 Å². The summed E-state index contributed by atoms with van der Waals surface area (Å²) in [5, 5.41) is 3.41. The van der Waals surface area contributed by atoms with Crippen LogP contribution in [0.5, 0.6) is 0 Å². The lowest BCUT2D eigenvalue weighted by molar-refractivity contribution is 0.162. The number of hydrogen-bond acceptors (Lipinski definition) is 3.